The van der Waals surface area contributed by atoms with E-state index in [2.05, 4.69) is 35.8 Å². The first-order valence-corrected chi connectivity index (χ1v) is 10.7. The first-order valence-electron chi connectivity index (χ1n) is 10.7. The molecule has 0 saturated heterocycles. The summed E-state index contributed by atoms with van der Waals surface area (Å²) < 4.78 is 0. The predicted octanol–water partition coefficient (Wildman–Crippen LogP) is 5.16. The molecule has 8 nitrogen and oxygen atoms in total. The molecule has 166 valence electrons. The lowest BCUT2D eigenvalue weighted by atomic mass is 10.1. The number of carbonyl (C=O) groups is 1. The van der Waals surface area contributed by atoms with Gasteiger partial charge in [-0.2, -0.15) is 5.10 Å². The third kappa shape index (κ3) is 5.13. The van der Waals surface area contributed by atoms with Crippen LogP contribution in [0.5, 0.6) is 0 Å². The number of H-pyrrole nitrogens is 1. The topological polar surface area (TPSA) is 108 Å². The van der Waals surface area contributed by atoms with Crippen LogP contribution < -0.4 is 10.6 Å². The van der Waals surface area contributed by atoms with Crippen molar-refractivity contribution in [2.24, 2.45) is 0 Å². The third-order valence-corrected chi connectivity index (χ3v) is 5.14. The summed E-state index contributed by atoms with van der Waals surface area (Å²) in [6.45, 7) is 0. The molecule has 0 unspecified atom stereocenters. The second-order valence-electron chi connectivity index (χ2n) is 7.59. The van der Waals surface area contributed by atoms with Gasteiger partial charge >= 0.3 is 6.03 Å². The number of carbonyl (C=O) groups excluding carboxylic acids is 1. The summed E-state index contributed by atoms with van der Waals surface area (Å²) in [4.78, 5) is 25.4. The van der Waals surface area contributed by atoms with Crippen molar-refractivity contribution in [1.82, 2.24) is 25.1 Å². The van der Waals surface area contributed by atoms with Crippen LogP contribution in [-0.4, -0.2) is 31.2 Å². The van der Waals surface area contributed by atoms with Crippen molar-refractivity contribution in [3.63, 3.8) is 0 Å². The lowest BCUT2D eigenvalue weighted by molar-refractivity contribution is 0.262. The van der Waals surface area contributed by atoms with Crippen LogP contribution in [0.4, 0.5) is 16.3 Å². The van der Waals surface area contributed by atoms with Gasteiger partial charge in [0.2, 0.25) is 0 Å². The number of rotatable bonds is 6. The Morgan fingerprint density at radius 1 is 0.794 bits per heavy atom. The van der Waals surface area contributed by atoms with Crippen molar-refractivity contribution in [1.29, 1.82) is 0 Å². The molecule has 3 heterocycles. The van der Waals surface area contributed by atoms with Crippen molar-refractivity contribution in [2.75, 3.05) is 10.6 Å². The molecule has 0 bridgehead atoms. The summed E-state index contributed by atoms with van der Waals surface area (Å²) in [7, 11) is 0. The number of amides is 2. The number of pyridine rings is 2. The number of benzene rings is 2. The minimum absolute atomic E-state index is 0.366. The Kier molecular flexibility index (Phi) is 6.02. The van der Waals surface area contributed by atoms with E-state index in [4.69, 9.17) is 0 Å². The highest BCUT2D eigenvalue weighted by Crippen LogP contribution is 2.21. The van der Waals surface area contributed by atoms with Crippen LogP contribution in [0, 0.1) is 0 Å². The molecule has 8 heteroatoms. The number of urea groups is 1. The number of nitrogens with zero attached hydrogens (tertiary/aromatic N) is 4. The van der Waals surface area contributed by atoms with E-state index in [1.165, 1.54) is 0 Å². The maximum absolute atomic E-state index is 12.6. The number of hydrogen-bond donors (Lipinski definition) is 3. The molecule has 3 aromatic heterocycles. The fourth-order valence-electron chi connectivity index (χ4n) is 3.54. The number of hydrogen-bond acceptors (Lipinski definition) is 5. The fraction of sp³-hybridized carbons (Fsp3) is 0.0385. The maximum Gasteiger partial charge on any atom is 0.324 e. The van der Waals surface area contributed by atoms with Crippen LogP contribution in [0.2, 0.25) is 0 Å². The molecule has 2 aromatic carbocycles. The Morgan fingerprint density at radius 2 is 1.62 bits per heavy atom. The summed E-state index contributed by atoms with van der Waals surface area (Å²) in [6.07, 6.45) is 5.64. The summed E-state index contributed by atoms with van der Waals surface area (Å²) in [5.74, 6) is 1.83. The smallest absolute Gasteiger partial charge is 0.308 e. The molecule has 0 aliphatic carbocycles. The predicted molar refractivity (Wildman–Crippen MR) is 131 cm³/mol. The van der Waals surface area contributed by atoms with E-state index in [9.17, 15) is 4.79 Å². The van der Waals surface area contributed by atoms with E-state index in [0.717, 1.165) is 28.1 Å². The molecule has 2 amide bonds. The molecule has 34 heavy (non-hydrogen) atoms. The second kappa shape index (κ2) is 9.74. The normalized spacial score (nSPS) is 10.6. The first kappa shape index (κ1) is 21.0. The van der Waals surface area contributed by atoms with Gasteiger partial charge in [-0.05, 0) is 53.1 Å². The Labute approximate surface area is 196 Å². The quantitative estimate of drug-likeness (QED) is 0.333. The van der Waals surface area contributed by atoms with Crippen molar-refractivity contribution in [3.05, 3.63) is 109 Å². The average molecular weight is 448 g/mol. The average Bonchev–Trinajstić information content (AvgIpc) is 3.34. The van der Waals surface area contributed by atoms with Gasteiger partial charge in [0.1, 0.15) is 11.6 Å². The summed E-state index contributed by atoms with van der Waals surface area (Å²) in [5.41, 5.74) is 4.59. The van der Waals surface area contributed by atoms with Gasteiger partial charge < -0.3 is 5.32 Å². The zero-order valence-corrected chi connectivity index (χ0v) is 18.1. The van der Waals surface area contributed by atoms with Crippen LogP contribution in [0.25, 0.3) is 22.5 Å². The first-order chi connectivity index (χ1) is 16.7. The highest BCUT2D eigenvalue weighted by atomic mass is 16.2. The molecule has 0 saturated carbocycles. The number of nitrogens with one attached hydrogen (secondary N) is 3. The Hall–Kier alpha value is -4.85. The maximum atomic E-state index is 12.6. The molecule has 0 fully saturated rings. The van der Waals surface area contributed by atoms with Crippen LogP contribution >= 0.6 is 0 Å². The lowest BCUT2D eigenvalue weighted by Gasteiger charge is -2.09. The largest absolute Gasteiger partial charge is 0.324 e. The highest BCUT2D eigenvalue weighted by Gasteiger charge is 2.09. The van der Waals surface area contributed by atoms with E-state index >= 15 is 0 Å². The van der Waals surface area contributed by atoms with Gasteiger partial charge in [-0.1, -0.05) is 42.5 Å². The van der Waals surface area contributed by atoms with Crippen molar-refractivity contribution < 1.29 is 4.79 Å². The van der Waals surface area contributed by atoms with Crippen molar-refractivity contribution in [3.8, 4) is 22.5 Å². The van der Waals surface area contributed by atoms with Gasteiger partial charge in [-0.15, -0.1) is 0 Å². The Morgan fingerprint density at radius 3 is 2.47 bits per heavy atom. The minimum Gasteiger partial charge on any atom is -0.308 e. The van der Waals surface area contributed by atoms with E-state index in [-0.39, 0.29) is 6.03 Å². The van der Waals surface area contributed by atoms with Crippen LogP contribution in [0.15, 0.2) is 97.5 Å². The molecule has 0 spiro atoms. The van der Waals surface area contributed by atoms with Crippen LogP contribution in [0.1, 0.15) is 11.4 Å². The fourth-order valence-corrected chi connectivity index (χ4v) is 3.54. The van der Waals surface area contributed by atoms with Crippen LogP contribution in [0.3, 0.4) is 0 Å². The summed E-state index contributed by atoms with van der Waals surface area (Å²) >= 11 is 0. The Bertz CT molecular complexity index is 1400. The second-order valence-corrected chi connectivity index (χ2v) is 7.59. The van der Waals surface area contributed by atoms with Gasteiger partial charge in [0.05, 0.1) is 0 Å². The van der Waals surface area contributed by atoms with E-state index < -0.39 is 0 Å². The molecular formula is C26H21N7O. The zero-order valence-electron chi connectivity index (χ0n) is 18.1. The molecule has 5 aromatic rings. The van der Waals surface area contributed by atoms with Gasteiger partial charge in [0.25, 0.3) is 0 Å². The van der Waals surface area contributed by atoms with Crippen molar-refractivity contribution >= 4 is 17.5 Å². The highest BCUT2D eigenvalue weighted by molar-refractivity contribution is 5.99. The SMILES string of the molecule is O=C(Nc1cccc(Cc2nc(-c3ccncc3)n[nH]2)c1)Nc1cc(-c2ccccc2)ccn1. The molecule has 0 atom stereocenters. The van der Waals surface area contributed by atoms with Gasteiger partial charge in [-0.25, -0.2) is 14.8 Å². The van der Waals surface area contributed by atoms with E-state index in [1.54, 1.807) is 18.6 Å². The lowest BCUT2D eigenvalue weighted by Crippen LogP contribution is -2.20. The van der Waals surface area contributed by atoms with Crippen molar-refractivity contribution in [2.45, 2.75) is 6.42 Å². The monoisotopic (exact) mass is 447 g/mol. The molecule has 0 aliphatic rings. The molecular weight excluding hydrogens is 426 g/mol. The molecule has 0 radical (unpaired) electrons. The molecule has 5 rings (SSSR count). The van der Waals surface area contributed by atoms with Crippen LogP contribution in [-0.2, 0) is 6.42 Å². The van der Waals surface area contributed by atoms with Gasteiger partial charge in [0.15, 0.2) is 5.82 Å². The number of aromatic amines is 1. The summed E-state index contributed by atoms with van der Waals surface area (Å²) in [6, 6.07) is 24.6. The minimum atomic E-state index is -0.366. The zero-order chi connectivity index (χ0) is 23.2. The van der Waals surface area contributed by atoms with Gasteiger partial charge in [0, 0.05) is 36.3 Å². The number of aromatic nitrogens is 5. The van der Waals surface area contributed by atoms with E-state index in [0.29, 0.717) is 23.8 Å². The standard InChI is InChI=1S/C26H21N7O/c34-26(31-23-17-21(11-14-28-23)19-6-2-1-3-7-19)29-22-8-4-5-18(15-22)16-24-30-25(33-32-24)20-9-12-27-13-10-20/h1-15,17H,16H2,(H,30,32,33)(H2,28,29,31,34). The molecule has 3 N–H and O–H groups in total. The number of anilines is 2. The van der Waals surface area contributed by atoms with Gasteiger partial charge in [-0.3, -0.25) is 15.4 Å². The van der Waals surface area contributed by atoms with E-state index in [1.807, 2.05) is 78.9 Å². The summed E-state index contributed by atoms with van der Waals surface area (Å²) in [5, 5.41) is 12.9. The molecule has 0 aliphatic heterocycles. The third-order valence-electron chi connectivity index (χ3n) is 5.14. The Balaban J connectivity index is 1.23.